The molecule has 10 heteroatoms. The summed E-state index contributed by atoms with van der Waals surface area (Å²) in [6.07, 6.45) is 0.451. The molecule has 0 saturated carbocycles. The number of nitrogens with one attached hydrogen (secondary N) is 2. The van der Waals surface area contributed by atoms with Gasteiger partial charge in [0.1, 0.15) is 6.04 Å². The fraction of sp³-hybridized carbons (Fsp3) is 0.259. The van der Waals surface area contributed by atoms with Gasteiger partial charge in [-0.1, -0.05) is 29.8 Å². The van der Waals surface area contributed by atoms with Crippen LogP contribution in [-0.2, 0) is 14.6 Å². The molecule has 0 bridgehead atoms. The lowest BCUT2D eigenvalue weighted by atomic mass is 9.98. The third kappa shape index (κ3) is 5.95. The van der Waals surface area contributed by atoms with Crippen molar-refractivity contribution in [1.29, 1.82) is 0 Å². The van der Waals surface area contributed by atoms with Gasteiger partial charge < -0.3 is 20.6 Å². The van der Waals surface area contributed by atoms with Crippen LogP contribution in [0.5, 0.6) is 0 Å². The number of rotatable bonds is 5. The average Bonchev–Trinajstić information content (AvgIpc) is 3.24. The smallest absolute Gasteiger partial charge is 0.322 e. The maximum atomic E-state index is 13.3. The average molecular weight is 542 g/mol. The lowest BCUT2D eigenvalue weighted by Crippen LogP contribution is -2.45. The molecular weight excluding hydrogens is 514 g/mol. The van der Waals surface area contributed by atoms with Crippen LogP contribution in [0.1, 0.15) is 17.5 Å². The number of anilines is 2. The second-order valence-corrected chi connectivity index (χ2v) is 11.7. The lowest BCUT2D eigenvalue weighted by Gasteiger charge is -2.25. The standard InChI is InChI=1S/C27H28ClN3O5S/c1-16-12-18(22-6-4-5-7-24(22)37(3,35)36)13-17(2)25(16)30-26(33)23-14-21(32)15-31(23)27(34)29-20-10-8-19(28)9-11-20/h4-13,21,23,32H,14-15H2,1-3H3,(H,29,34)(H,30,33). The van der Waals surface area contributed by atoms with Crippen LogP contribution >= 0.6 is 11.6 Å². The molecule has 0 aromatic heterocycles. The van der Waals surface area contributed by atoms with Crippen LogP contribution in [0.3, 0.4) is 0 Å². The van der Waals surface area contributed by atoms with E-state index in [1.165, 1.54) is 11.2 Å². The number of aliphatic hydroxyl groups is 1. The molecule has 3 aromatic rings. The molecule has 1 fully saturated rings. The summed E-state index contributed by atoms with van der Waals surface area (Å²) >= 11 is 5.90. The molecule has 2 unspecified atom stereocenters. The van der Waals surface area contributed by atoms with Crippen molar-refractivity contribution >= 4 is 44.8 Å². The van der Waals surface area contributed by atoms with Gasteiger partial charge in [-0.05, 0) is 73.0 Å². The summed E-state index contributed by atoms with van der Waals surface area (Å²) in [6, 6.07) is 15.6. The zero-order valence-corrected chi connectivity index (χ0v) is 22.2. The van der Waals surface area contributed by atoms with E-state index in [-0.39, 0.29) is 17.9 Å². The molecular formula is C27H28ClN3O5S. The number of hydrogen-bond acceptors (Lipinski definition) is 5. The van der Waals surface area contributed by atoms with Gasteiger partial charge in [0.25, 0.3) is 0 Å². The van der Waals surface area contributed by atoms with E-state index in [2.05, 4.69) is 10.6 Å². The molecule has 1 aliphatic heterocycles. The Hall–Kier alpha value is -3.40. The van der Waals surface area contributed by atoms with Gasteiger partial charge in [0.15, 0.2) is 9.84 Å². The summed E-state index contributed by atoms with van der Waals surface area (Å²) in [7, 11) is -3.44. The number of aryl methyl sites for hydroxylation is 2. The Kier molecular flexibility index (Phi) is 7.59. The van der Waals surface area contributed by atoms with Crippen LogP contribution in [0.25, 0.3) is 11.1 Å². The largest absolute Gasteiger partial charge is 0.391 e. The number of carbonyl (C=O) groups is 2. The number of amides is 3. The topological polar surface area (TPSA) is 116 Å². The van der Waals surface area contributed by atoms with E-state index >= 15 is 0 Å². The Morgan fingerprint density at radius 1 is 1.00 bits per heavy atom. The van der Waals surface area contributed by atoms with Crippen LogP contribution in [0, 0.1) is 13.8 Å². The summed E-state index contributed by atoms with van der Waals surface area (Å²) in [4.78, 5) is 27.7. The Bertz CT molecular complexity index is 1430. The first-order valence-electron chi connectivity index (χ1n) is 11.7. The van der Waals surface area contributed by atoms with Crippen molar-refractivity contribution in [2.24, 2.45) is 0 Å². The Balaban J connectivity index is 1.56. The summed E-state index contributed by atoms with van der Waals surface area (Å²) < 4.78 is 24.6. The number of β-amino-alcohol motifs (C(OH)–C–C–N with tert-alkyl or cyclic N) is 1. The first-order chi connectivity index (χ1) is 17.4. The number of carbonyl (C=O) groups excluding carboxylic acids is 2. The second-order valence-electron chi connectivity index (χ2n) is 9.24. The highest BCUT2D eigenvalue weighted by Crippen LogP contribution is 2.33. The number of likely N-dealkylation sites (tertiary alicyclic amines) is 1. The molecule has 1 aliphatic rings. The molecule has 2 atom stereocenters. The number of sulfone groups is 1. The number of hydrogen-bond donors (Lipinski definition) is 3. The fourth-order valence-electron chi connectivity index (χ4n) is 4.57. The molecule has 0 spiro atoms. The third-order valence-electron chi connectivity index (χ3n) is 6.32. The van der Waals surface area contributed by atoms with Crippen LogP contribution in [-0.4, -0.2) is 55.3 Å². The summed E-state index contributed by atoms with van der Waals surface area (Å²) in [6.45, 7) is 3.67. The molecule has 1 saturated heterocycles. The fourth-order valence-corrected chi connectivity index (χ4v) is 5.60. The summed E-state index contributed by atoms with van der Waals surface area (Å²) in [5, 5.41) is 16.4. The van der Waals surface area contributed by atoms with Crippen molar-refractivity contribution in [3.8, 4) is 11.1 Å². The minimum absolute atomic E-state index is 0.0245. The van der Waals surface area contributed by atoms with Crippen LogP contribution < -0.4 is 10.6 Å². The zero-order valence-electron chi connectivity index (χ0n) is 20.7. The van der Waals surface area contributed by atoms with Gasteiger partial charge in [-0.25, -0.2) is 13.2 Å². The van der Waals surface area contributed by atoms with Crippen LogP contribution in [0.4, 0.5) is 16.2 Å². The van der Waals surface area contributed by atoms with Gasteiger partial charge >= 0.3 is 6.03 Å². The molecule has 0 aliphatic carbocycles. The molecule has 0 radical (unpaired) electrons. The Morgan fingerprint density at radius 2 is 1.62 bits per heavy atom. The van der Waals surface area contributed by atoms with Crippen molar-refractivity contribution in [3.63, 3.8) is 0 Å². The zero-order chi connectivity index (χ0) is 26.9. The van der Waals surface area contributed by atoms with Gasteiger partial charge in [0, 0.05) is 41.2 Å². The van der Waals surface area contributed by atoms with Gasteiger partial charge in [0.05, 0.1) is 11.0 Å². The second kappa shape index (κ2) is 10.5. The van der Waals surface area contributed by atoms with E-state index in [0.717, 1.165) is 11.1 Å². The van der Waals surface area contributed by atoms with Gasteiger partial charge in [-0.3, -0.25) is 4.79 Å². The minimum atomic E-state index is -3.44. The molecule has 8 nitrogen and oxygen atoms in total. The van der Waals surface area contributed by atoms with E-state index in [1.807, 2.05) is 26.0 Å². The molecule has 3 N–H and O–H groups in total. The first-order valence-corrected chi connectivity index (χ1v) is 13.9. The molecule has 37 heavy (non-hydrogen) atoms. The van der Waals surface area contributed by atoms with Gasteiger partial charge in [0.2, 0.25) is 5.91 Å². The van der Waals surface area contributed by atoms with E-state index in [9.17, 15) is 23.1 Å². The number of nitrogens with zero attached hydrogens (tertiary/aromatic N) is 1. The maximum Gasteiger partial charge on any atom is 0.322 e. The first kappa shape index (κ1) is 26.7. The number of benzene rings is 3. The Morgan fingerprint density at radius 3 is 2.24 bits per heavy atom. The quantitative estimate of drug-likeness (QED) is 0.435. The van der Waals surface area contributed by atoms with Crippen LogP contribution in [0.2, 0.25) is 5.02 Å². The van der Waals surface area contributed by atoms with E-state index in [0.29, 0.717) is 27.5 Å². The number of aliphatic hydroxyl groups excluding tert-OH is 1. The maximum absolute atomic E-state index is 13.3. The highest BCUT2D eigenvalue weighted by Gasteiger charge is 2.39. The van der Waals surface area contributed by atoms with Crippen LogP contribution in [0.15, 0.2) is 65.6 Å². The van der Waals surface area contributed by atoms with Crippen molar-refractivity contribution < 1.29 is 23.1 Å². The molecule has 194 valence electrons. The van der Waals surface area contributed by atoms with Gasteiger partial charge in [-0.15, -0.1) is 0 Å². The summed E-state index contributed by atoms with van der Waals surface area (Å²) in [5.41, 5.74) is 3.87. The van der Waals surface area contributed by atoms with Gasteiger partial charge in [-0.2, -0.15) is 0 Å². The number of urea groups is 1. The summed E-state index contributed by atoms with van der Waals surface area (Å²) in [5.74, 6) is -0.418. The number of halogens is 1. The van der Waals surface area contributed by atoms with Crippen molar-refractivity contribution in [2.45, 2.75) is 37.3 Å². The van der Waals surface area contributed by atoms with Crippen molar-refractivity contribution in [1.82, 2.24) is 4.90 Å². The van der Waals surface area contributed by atoms with Crippen molar-refractivity contribution in [2.75, 3.05) is 23.4 Å². The molecule has 1 heterocycles. The predicted molar refractivity (Wildman–Crippen MR) is 145 cm³/mol. The molecule has 3 amide bonds. The highest BCUT2D eigenvalue weighted by atomic mass is 35.5. The van der Waals surface area contributed by atoms with E-state index in [1.54, 1.807) is 48.5 Å². The minimum Gasteiger partial charge on any atom is -0.391 e. The highest BCUT2D eigenvalue weighted by molar-refractivity contribution is 7.90. The monoisotopic (exact) mass is 541 g/mol. The lowest BCUT2D eigenvalue weighted by molar-refractivity contribution is -0.119. The molecule has 4 rings (SSSR count). The Labute approximate surface area is 221 Å². The third-order valence-corrected chi connectivity index (χ3v) is 7.72. The normalized spacial score (nSPS) is 17.5. The molecule has 3 aromatic carbocycles. The van der Waals surface area contributed by atoms with Crippen molar-refractivity contribution in [3.05, 3.63) is 76.8 Å². The SMILES string of the molecule is Cc1cc(-c2ccccc2S(C)(=O)=O)cc(C)c1NC(=O)C1CC(O)CN1C(=O)Nc1ccc(Cl)cc1. The van der Waals surface area contributed by atoms with E-state index < -0.39 is 33.9 Å². The van der Waals surface area contributed by atoms with E-state index in [4.69, 9.17) is 11.6 Å². The predicted octanol–water partition coefficient (Wildman–Crippen LogP) is 4.63.